The molecule has 0 unspecified atom stereocenters. The van der Waals surface area contributed by atoms with Crippen LogP contribution < -0.4 is 5.32 Å². The molecule has 0 amide bonds. The highest BCUT2D eigenvalue weighted by Crippen LogP contribution is 1.95. The van der Waals surface area contributed by atoms with E-state index >= 15 is 0 Å². The number of nitrogens with one attached hydrogen (secondary N) is 1. The molecule has 72 valence electrons. The lowest BCUT2D eigenvalue weighted by Gasteiger charge is -2.06. The van der Waals surface area contributed by atoms with Gasteiger partial charge in [-0.1, -0.05) is 13.8 Å². The molecule has 0 spiro atoms. The summed E-state index contributed by atoms with van der Waals surface area (Å²) in [6.07, 6.45) is 3.28. The van der Waals surface area contributed by atoms with Gasteiger partial charge in [0.15, 0.2) is 0 Å². The topological polar surface area (TPSA) is 58.0 Å². The van der Waals surface area contributed by atoms with Gasteiger partial charge in [0.25, 0.3) is 0 Å². The van der Waals surface area contributed by atoms with E-state index in [1.165, 1.54) is 0 Å². The Labute approximate surface area is 78.0 Å². The van der Waals surface area contributed by atoms with Gasteiger partial charge in [0.1, 0.15) is 0 Å². The maximum Gasteiger partial charge on any atom is 0.0868 e. The second kappa shape index (κ2) is 4.89. The van der Waals surface area contributed by atoms with Crippen LogP contribution in [0.1, 0.15) is 25.2 Å². The van der Waals surface area contributed by atoms with Gasteiger partial charge in [-0.25, -0.2) is 0 Å². The van der Waals surface area contributed by atoms with Crippen LogP contribution in [0.3, 0.4) is 0 Å². The van der Waals surface area contributed by atoms with Crippen molar-refractivity contribution in [1.82, 2.24) is 15.3 Å². The normalized spacial score (nSPS) is 10.8. The third-order valence-electron chi connectivity index (χ3n) is 1.61. The molecule has 0 aromatic carbocycles. The lowest BCUT2D eigenvalue weighted by atomic mass is 10.3. The van der Waals surface area contributed by atoms with Crippen molar-refractivity contribution in [3.63, 3.8) is 0 Å². The maximum absolute atomic E-state index is 8.73. The average Bonchev–Trinajstić information content (AvgIpc) is 2.15. The second-order valence-corrected chi connectivity index (χ2v) is 3.19. The standard InChI is InChI=1S/C9H15N3O/c1-7(2)10-3-8-4-12-9(6-13)5-11-8/h4-5,7,10,13H,3,6H2,1-2H3. The first-order valence-electron chi connectivity index (χ1n) is 4.36. The number of aromatic nitrogens is 2. The van der Waals surface area contributed by atoms with Crippen molar-refractivity contribution in [1.29, 1.82) is 0 Å². The zero-order valence-electron chi connectivity index (χ0n) is 7.99. The van der Waals surface area contributed by atoms with E-state index in [4.69, 9.17) is 5.11 Å². The van der Waals surface area contributed by atoms with E-state index < -0.39 is 0 Å². The van der Waals surface area contributed by atoms with Crippen molar-refractivity contribution < 1.29 is 5.11 Å². The van der Waals surface area contributed by atoms with Gasteiger partial charge in [-0.05, 0) is 0 Å². The molecule has 0 saturated heterocycles. The SMILES string of the molecule is CC(C)NCc1cnc(CO)cn1. The van der Waals surface area contributed by atoms with Crippen LogP contribution >= 0.6 is 0 Å². The average molecular weight is 181 g/mol. The zero-order chi connectivity index (χ0) is 9.68. The van der Waals surface area contributed by atoms with Gasteiger partial charge in [-0.2, -0.15) is 0 Å². The Bertz CT molecular complexity index is 246. The molecule has 13 heavy (non-hydrogen) atoms. The van der Waals surface area contributed by atoms with Crippen LogP contribution in [-0.4, -0.2) is 21.1 Å². The molecule has 1 aromatic rings. The summed E-state index contributed by atoms with van der Waals surface area (Å²) < 4.78 is 0. The van der Waals surface area contributed by atoms with E-state index in [0.717, 1.165) is 12.2 Å². The first-order chi connectivity index (χ1) is 6.22. The van der Waals surface area contributed by atoms with E-state index in [1.54, 1.807) is 12.4 Å². The molecule has 0 bridgehead atoms. The van der Waals surface area contributed by atoms with E-state index in [9.17, 15) is 0 Å². The smallest absolute Gasteiger partial charge is 0.0868 e. The molecule has 1 rings (SSSR count). The minimum atomic E-state index is -0.0507. The number of nitrogens with zero attached hydrogens (tertiary/aromatic N) is 2. The molecule has 0 atom stereocenters. The second-order valence-electron chi connectivity index (χ2n) is 3.19. The molecule has 2 N–H and O–H groups in total. The monoisotopic (exact) mass is 181 g/mol. The van der Waals surface area contributed by atoms with Gasteiger partial charge in [0.05, 0.1) is 30.4 Å². The van der Waals surface area contributed by atoms with E-state index in [0.29, 0.717) is 11.7 Å². The molecule has 0 aliphatic rings. The van der Waals surface area contributed by atoms with Gasteiger partial charge in [0.2, 0.25) is 0 Å². The van der Waals surface area contributed by atoms with Gasteiger partial charge in [-0.15, -0.1) is 0 Å². The summed E-state index contributed by atoms with van der Waals surface area (Å²) in [5, 5.41) is 12.0. The highest BCUT2D eigenvalue weighted by atomic mass is 16.3. The van der Waals surface area contributed by atoms with E-state index in [2.05, 4.69) is 29.1 Å². The van der Waals surface area contributed by atoms with Crippen molar-refractivity contribution in [2.24, 2.45) is 0 Å². The maximum atomic E-state index is 8.73. The predicted molar refractivity (Wildman–Crippen MR) is 49.9 cm³/mol. The first kappa shape index (κ1) is 10.1. The Morgan fingerprint density at radius 3 is 2.38 bits per heavy atom. The lowest BCUT2D eigenvalue weighted by Crippen LogP contribution is -2.22. The molecule has 1 aromatic heterocycles. The van der Waals surface area contributed by atoms with Crippen molar-refractivity contribution >= 4 is 0 Å². The number of hydrogen-bond donors (Lipinski definition) is 2. The van der Waals surface area contributed by atoms with Crippen molar-refractivity contribution in [2.45, 2.75) is 33.0 Å². The Kier molecular flexibility index (Phi) is 3.79. The summed E-state index contributed by atoms with van der Waals surface area (Å²) in [7, 11) is 0. The molecule has 0 aliphatic carbocycles. The van der Waals surface area contributed by atoms with Gasteiger partial charge >= 0.3 is 0 Å². The number of hydrogen-bond acceptors (Lipinski definition) is 4. The molecule has 0 saturated carbocycles. The minimum absolute atomic E-state index is 0.0507. The Balaban J connectivity index is 2.49. The van der Waals surface area contributed by atoms with Crippen LogP contribution in [0.2, 0.25) is 0 Å². The fourth-order valence-electron chi connectivity index (χ4n) is 0.863. The highest BCUT2D eigenvalue weighted by molar-refractivity contribution is 5.01. The molecule has 0 aliphatic heterocycles. The molecule has 4 nitrogen and oxygen atoms in total. The van der Waals surface area contributed by atoms with Crippen LogP contribution in [0.15, 0.2) is 12.4 Å². The van der Waals surface area contributed by atoms with Gasteiger partial charge < -0.3 is 10.4 Å². The Hall–Kier alpha value is -1.00. The molecule has 0 fully saturated rings. The molecule has 1 heterocycles. The quantitative estimate of drug-likeness (QED) is 0.708. The molecule has 0 radical (unpaired) electrons. The summed E-state index contributed by atoms with van der Waals surface area (Å²) in [5.41, 5.74) is 1.50. The van der Waals surface area contributed by atoms with Crippen LogP contribution in [0.4, 0.5) is 0 Å². The highest BCUT2D eigenvalue weighted by Gasteiger charge is 1.97. The summed E-state index contributed by atoms with van der Waals surface area (Å²) in [6, 6.07) is 0.444. The summed E-state index contributed by atoms with van der Waals surface area (Å²) in [5.74, 6) is 0. The molecular formula is C9H15N3O. The number of rotatable bonds is 4. The zero-order valence-corrected chi connectivity index (χ0v) is 7.99. The lowest BCUT2D eigenvalue weighted by molar-refractivity contribution is 0.276. The van der Waals surface area contributed by atoms with Gasteiger partial charge in [0, 0.05) is 12.6 Å². The minimum Gasteiger partial charge on any atom is -0.390 e. The number of aliphatic hydroxyl groups is 1. The molecular weight excluding hydrogens is 166 g/mol. The van der Waals surface area contributed by atoms with E-state index in [-0.39, 0.29) is 6.61 Å². The van der Waals surface area contributed by atoms with Crippen LogP contribution in [-0.2, 0) is 13.2 Å². The van der Waals surface area contributed by atoms with Crippen LogP contribution in [0.5, 0.6) is 0 Å². The Morgan fingerprint density at radius 1 is 1.31 bits per heavy atom. The van der Waals surface area contributed by atoms with Gasteiger partial charge in [-0.3, -0.25) is 9.97 Å². The van der Waals surface area contributed by atoms with Crippen LogP contribution in [0, 0.1) is 0 Å². The van der Waals surface area contributed by atoms with Crippen molar-refractivity contribution in [2.75, 3.05) is 0 Å². The fraction of sp³-hybridized carbons (Fsp3) is 0.556. The van der Waals surface area contributed by atoms with Crippen molar-refractivity contribution in [3.05, 3.63) is 23.8 Å². The predicted octanol–water partition coefficient (Wildman–Crippen LogP) is 0.467. The Morgan fingerprint density at radius 2 is 1.92 bits per heavy atom. The largest absolute Gasteiger partial charge is 0.390 e. The third-order valence-corrected chi connectivity index (χ3v) is 1.61. The fourth-order valence-corrected chi connectivity index (χ4v) is 0.863. The summed E-state index contributed by atoms with van der Waals surface area (Å²) in [6.45, 7) is 4.83. The van der Waals surface area contributed by atoms with E-state index in [1.807, 2.05) is 0 Å². The molecule has 4 heteroatoms. The number of aliphatic hydroxyl groups excluding tert-OH is 1. The summed E-state index contributed by atoms with van der Waals surface area (Å²) in [4.78, 5) is 8.16. The third kappa shape index (κ3) is 3.48. The van der Waals surface area contributed by atoms with Crippen LogP contribution in [0.25, 0.3) is 0 Å². The first-order valence-corrected chi connectivity index (χ1v) is 4.36. The van der Waals surface area contributed by atoms with Crippen molar-refractivity contribution in [3.8, 4) is 0 Å². The summed E-state index contributed by atoms with van der Waals surface area (Å²) >= 11 is 0.